The summed E-state index contributed by atoms with van der Waals surface area (Å²) in [7, 11) is 0. The van der Waals surface area contributed by atoms with E-state index in [1.54, 1.807) is 12.1 Å². The average molecular weight is 682 g/mol. The zero-order valence-electron chi connectivity index (χ0n) is 32.3. The minimum atomic E-state index is -0.214. The highest BCUT2D eigenvalue weighted by Gasteiger charge is 2.15. The molecule has 2 aromatic heterocycles. The standard InChI is InChI=1S/C49H31N3O/c1-3-11-32(12-4-1)33-21-23-35(24-22-33)48-50-47(34-13-5-2-6-14-34)51-49(52-48)41-16-9-15-36(31-41)37-25-26-39-30-40(28-27-38(39)29-37)42-18-10-20-45-46(42)43-17-7-8-19-44(43)53-45/h1-31H/i21D,22D,23D,24D. The Morgan fingerprint density at radius 3 is 1.66 bits per heavy atom. The second-order valence-electron chi connectivity index (χ2n) is 12.9. The van der Waals surface area contributed by atoms with Crippen molar-refractivity contribution in [2.75, 3.05) is 0 Å². The zero-order valence-corrected chi connectivity index (χ0v) is 28.3. The van der Waals surface area contributed by atoms with Gasteiger partial charge in [0.15, 0.2) is 17.5 Å². The maximum absolute atomic E-state index is 9.05. The summed E-state index contributed by atoms with van der Waals surface area (Å²) in [4.78, 5) is 14.5. The van der Waals surface area contributed by atoms with Crippen LogP contribution in [0.4, 0.5) is 0 Å². The van der Waals surface area contributed by atoms with E-state index in [2.05, 4.69) is 54.6 Å². The van der Waals surface area contributed by atoms with Gasteiger partial charge in [0.25, 0.3) is 0 Å². The molecule has 0 atom stereocenters. The molecule has 4 nitrogen and oxygen atoms in total. The van der Waals surface area contributed by atoms with Crippen molar-refractivity contribution in [1.82, 2.24) is 15.0 Å². The third kappa shape index (κ3) is 5.73. The number of rotatable bonds is 6. The lowest BCUT2D eigenvalue weighted by Crippen LogP contribution is -2.00. The first kappa shape index (κ1) is 26.6. The molecule has 248 valence electrons. The Bertz CT molecular complexity index is 3150. The predicted molar refractivity (Wildman–Crippen MR) is 217 cm³/mol. The second-order valence-corrected chi connectivity index (χ2v) is 12.9. The molecule has 0 aliphatic carbocycles. The molecule has 0 unspecified atom stereocenters. The molecule has 0 amide bonds. The number of nitrogens with zero attached hydrogens (tertiary/aromatic N) is 3. The summed E-state index contributed by atoms with van der Waals surface area (Å²) in [6.07, 6.45) is 0. The van der Waals surface area contributed by atoms with Crippen molar-refractivity contribution in [3.8, 4) is 67.5 Å². The SMILES string of the molecule is [2H]c1c([2H])c(-c2nc(-c3ccccc3)nc(-c3cccc(-c4ccc5cc(-c6cccc7oc8ccccc8c67)ccc5c4)c3)n2)c([2H])c([2H])c1-c1ccccc1. The molecule has 0 spiro atoms. The van der Waals surface area contributed by atoms with Crippen LogP contribution in [0.1, 0.15) is 5.48 Å². The van der Waals surface area contributed by atoms with Gasteiger partial charge in [-0.25, -0.2) is 15.0 Å². The summed E-state index contributed by atoms with van der Waals surface area (Å²) >= 11 is 0. The van der Waals surface area contributed by atoms with Crippen LogP contribution in [0.15, 0.2) is 192 Å². The fraction of sp³-hybridized carbons (Fsp3) is 0. The Labute approximate surface area is 312 Å². The normalized spacial score (nSPS) is 12.5. The van der Waals surface area contributed by atoms with E-state index in [9.17, 15) is 0 Å². The Hall–Kier alpha value is -7.17. The van der Waals surface area contributed by atoms with Gasteiger partial charge in [-0.1, -0.05) is 158 Å². The van der Waals surface area contributed by atoms with Crippen molar-refractivity contribution in [2.24, 2.45) is 0 Å². The van der Waals surface area contributed by atoms with E-state index in [1.807, 2.05) is 97.1 Å². The van der Waals surface area contributed by atoms with Crippen LogP contribution >= 0.6 is 0 Å². The van der Waals surface area contributed by atoms with Gasteiger partial charge in [-0.2, -0.15) is 0 Å². The van der Waals surface area contributed by atoms with Gasteiger partial charge >= 0.3 is 0 Å². The molecular weight excluding hydrogens is 647 g/mol. The van der Waals surface area contributed by atoms with E-state index in [0.717, 1.165) is 66.1 Å². The number of hydrogen-bond acceptors (Lipinski definition) is 4. The molecule has 0 aliphatic heterocycles. The topological polar surface area (TPSA) is 51.8 Å². The maximum atomic E-state index is 9.05. The number of furan rings is 1. The molecule has 53 heavy (non-hydrogen) atoms. The number of aromatic nitrogens is 3. The van der Waals surface area contributed by atoms with E-state index in [0.29, 0.717) is 17.2 Å². The summed E-state index contributed by atoms with van der Waals surface area (Å²) in [5.41, 5.74) is 8.29. The van der Waals surface area contributed by atoms with E-state index in [1.165, 1.54) is 0 Å². The summed E-state index contributed by atoms with van der Waals surface area (Å²) in [5.74, 6) is 0.795. The minimum absolute atomic E-state index is 0.0211. The predicted octanol–water partition coefficient (Wildman–Crippen LogP) is 12.9. The maximum Gasteiger partial charge on any atom is 0.164 e. The van der Waals surface area contributed by atoms with Gasteiger partial charge in [0.2, 0.25) is 0 Å². The van der Waals surface area contributed by atoms with Crippen LogP contribution in [0.2, 0.25) is 0 Å². The van der Waals surface area contributed by atoms with Crippen molar-refractivity contribution in [1.29, 1.82) is 0 Å². The van der Waals surface area contributed by atoms with Gasteiger partial charge in [-0.15, -0.1) is 0 Å². The first-order chi connectivity index (χ1) is 27.9. The number of fused-ring (bicyclic) bond motifs is 4. The molecule has 0 fully saturated rings. The Morgan fingerprint density at radius 1 is 0.358 bits per heavy atom. The van der Waals surface area contributed by atoms with Crippen molar-refractivity contribution in [3.63, 3.8) is 0 Å². The quantitative estimate of drug-likeness (QED) is 0.175. The van der Waals surface area contributed by atoms with Crippen molar-refractivity contribution < 1.29 is 9.90 Å². The molecule has 0 saturated carbocycles. The first-order valence-electron chi connectivity index (χ1n) is 19.4. The molecule has 0 radical (unpaired) electrons. The van der Waals surface area contributed by atoms with Crippen molar-refractivity contribution in [2.45, 2.75) is 0 Å². The summed E-state index contributed by atoms with van der Waals surface area (Å²) in [5, 5.41) is 4.43. The van der Waals surface area contributed by atoms with Crippen LogP contribution in [0.25, 0.3) is 100 Å². The van der Waals surface area contributed by atoms with Gasteiger partial charge in [-0.3, -0.25) is 0 Å². The van der Waals surface area contributed by atoms with Crippen LogP contribution in [0, 0.1) is 0 Å². The van der Waals surface area contributed by atoms with Gasteiger partial charge < -0.3 is 4.42 Å². The highest BCUT2D eigenvalue weighted by molar-refractivity contribution is 6.13. The van der Waals surface area contributed by atoms with Gasteiger partial charge in [0, 0.05) is 27.5 Å². The van der Waals surface area contributed by atoms with Crippen molar-refractivity contribution in [3.05, 3.63) is 188 Å². The van der Waals surface area contributed by atoms with Crippen LogP contribution < -0.4 is 0 Å². The lowest BCUT2D eigenvalue weighted by molar-refractivity contribution is 0.669. The highest BCUT2D eigenvalue weighted by atomic mass is 16.3. The number of hydrogen-bond donors (Lipinski definition) is 0. The Kier molecular flexibility index (Phi) is 6.46. The monoisotopic (exact) mass is 681 g/mol. The van der Waals surface area contributed by atoms with Crippen molar-refractivity contribution >= 4 is 32.7 Å². The van der Waals surface area contributed by atoms with E-state index >= 15 is 0 Å². The van der Waals surface area contributed by atoms with E-state index in [-0.39, 0.29) is 41.1 Å². The molecule has 10 rings (SSSR count). The summed E-state index contributed by atoms with van der Waals surface area (Å²) in [6.45, 7) is 0. The first-order valence-corrected chi connectivity index (χ1v) is 17.4. The smallest absolute Gasteiger partial charge is 0.164 e. The largest absolute Gasteiger partial charge is 0.456 e. The average Bonchev–Trinajstić information content (AvgIpc) is 3.65. The Balaban J connectivity index is 1.06. The molecule has 0 saturated heterocycles. The van der Waals surface area contributed by atoms with E-state index in [4.69, 9.17) is 24.9 Å². The lowest BCUT2D eigenvalue weighted by Gasteiger charge is -2.11. The highest BCUT2D eigenvalue weighted by Crippen LogP contribution is 2.38. The fourth-order valence-corrected chi connectivity index (χ4v) is 6.95. The van der Waals surface area contributed by atoms with Crippen LogP contribution in [0.3, 0.4) is 0 Å². The minimum Gasteiger partial charge on any atom is -0.456 e. The van der Waals surface area contributed by atoms with Crippen LogP contribution in [-0.4, -0.2) is 15.0 Å². The Morgan fingerprint density at radius 2 is 0.887 bits per heavy atom. The molecular formula is C49H31N3O. The number of benzene rings is 8. The molecule has 0 aliphatic rings. The number of para-hydroxylation sites is 1. The van der Waals surface area contributed by atoms with Crippen LogP contribution in [-0.2, 0) is 0 Å². The van der Waals surface area contributed by atoms with Crippen LogP contribution in [0.5, 0.6) is 0 Å². The third-order valence-corrected chi connectivity index (χ3v) is 9.59. The summed E-state index contributed by atoms with van der Waals surface area (Å²) < 4.78 is 42.1. The molecule has 0 N–H and O–H groups in total. The van der Waals surface area contributed by atoms with Gasteiger partial charge in [0.1, 0.15) is 11.2 Å². The molecule has 8 aromatic carbocycles. The van der Waals surface area contributed by atoms with Gasteiger partial charge in [-0.05, 0) is 74.5 Å². The molecule has 4 heteroatoms. The molecule has 0 bridgehead atoms. The summed E-state index contributed by atoms with van der Waals surface area (Å²) in [6, 6.07) is 53.1. The fourth-order valence-electron chi connectivity index (χ4n) is 6.95. The second kappa shape index (κ2) is 12.9. The molecule has 2 heterocycles. The zero-order chi connectivity index (χ0) is 38.6. The van der Waals surface area contributed by atoms with Gasteiger partial charge in [0.05, 0.1) is 5.48 Å². The third-order valence-electron chi connectivity index (χ3n) is 9.59. The van der Waals surface area contributed by atoms with E-state index < -0.39 is 0 Å². The lowest BCUT2D eigenvalue weighted by atomic mass is 9.95. The molecule has 10 aromatic rings.